The van der Waals surface area contributed by atoms with Gasteiger partial charge in [-0.05, 0) is 31.4 Å². The van der Waals surface area contributed by atoms with Crippen LogP contribution in [0.1, 0.15) is 37.6 Å². The fraction of sp³-hybridized carbons (Fsp3) is 0.500. The Bertz CT molecular complexity index is 403. The number of nitrogens with one attached hydrogen (secondary N) is 1. The summed E-state index contributed by atoms with van der Waals surface area (Å²) < 4.78 is 5.66. The van der Waals surface area contributed by atoms with E-state index in [4.69, 9.17) is 10.5 Å². The molecule has 0 saturated heterocycles. The second-order valence-electron chi connectivity index (χ2n) is 4.65. The summed E-state index contributed by atoms with van der Waals surface area (Å²) in [6.07, 6.45) is 0.948. The first-order valence-corrected chi connectivity index (χ1v) is 6.35. The van der Waals surface area contributed by atoms with Crippen molar-refractivity contribution in [1.82, 2.24) is 5.32 Å². The molecule has 0 heterocycles. The predicted molar refractivity (Wildman–Crippen MR) is 73.8 cm³/mol. The van der Waals surface area contributed by atoms with Crippen molar-refractivity contribution in [2.24, 2.45) is 5.92 Å². The van der Waals surface area contributed by atoms with Crippen LogP contribution < -0.4 is 15.8 Å². The van der Waals surface area contributed by atoms with E-state index < -0.39 is 0 Å². The normalized spacial score (nSPS) is 10.4. The van der Waals surface area contributed by atoms with E-state index in [0.717, 1.165) is 6.42 Å². The van der Waals surface area contributed by atoms with Crippen molar-refractivity contribution < 1.29 is 9.53 Å². The Morgan fingerprint density at radius 1 is 1.44 bits per heavy atom. The second-order valence-corrected chi connectivity index (χ2v) is 4.65. The van der Waals surface area contributed by atoms with Crippen LogP contribution >= 0.6 is 0 Å². The number of hydrogen-bond acceptors (Lipinski definition) is 3. The standard InChI is InChI=1S/C14H22N2O2/c1-4-16-14(17)12-6-5-11(15)9-13(12)18-8-7-10(2)3/h5-6,9-10H,4,7-8,15H2,1-3H3,(H,16,17). The molecule has 3 N–H and O–H groups in total. The van der Waals surface area contributed by atoms with Gasteiger partial charge < -0.3 is 15.8 Å². The zero-order chi connectivity index (χ0) is 13.5. The Labute approximate surface area is 109 Å². The molecule has 0 spiro atoms. The molecule has 0 saturated carbocycles. The highest BCUT2D eigenvalue weighted by atomic mass is 16.5. The molecule has 1 amide bonds. The maximum absolute atomic E-state index is 11.8. The first-order valence-electron chi connectivity index (χ1n) is 6.35. The van der Waals surface area contributed by atoms with Crippen LogP contribution in [0.15, 0.2) is 18.2 Å². The molecule has 0 fully saturated rings. The van der Waals surface area contributed by atoms with Gasteiger partial charge in [0.25, 0.3) is 5.91 Å². The monoisotopic (exact) mass is 250 g/mol. The summed E-state index contributed by atoms with van der Waals surface area (Å²) in [4.78, 5) is 11.8. The highest BCUT2D eigenvalue weighted by Crippen LogP contribution is 2.22. The maximum atomic E-state index is 11.8. The molecular weight excluding hydrogens is 228 g/mol. The van der Waals surface area contributed by atoms with Gasteiger partial charge in [0, 0.05) is 18.3 Å². The third kappa shape index (κ3) is 4.28. The van der Waals surface area contributed by atoms with Crippen LogP contribution in [0.4, 0.5) is 5.69 Å². The second kappa shape index (κ2) is 6.89. The topological polar surface area (TPSA) is 64.4 Å². The molecule has 1 aromatic carbocycles. The Kier molecular flexibility index (Phi) is 5.49. The summed E-state index contributed by atoms with van der Waals surface area (Å²) >= 11 is 0. The van der Waals surface area contributed by atoms with Crippen molar-refractivity contribution in [2.75, 3.05) is 18.9 Å². The van der Waals surface area contributed by atoms with E-state index in [1.807, 2.05) is 6.92 Å². The van der Waals surface area contributed by atoms with Gasteiger partial charge in [-0.1, -0.05) is 13.8 Å². The number of ether oxygens (including phenoxy) is 1. The van der Waals surface area contributed by atoms with Gasteiger partial charge in [-0.2, -0.15) is 0 Å². The minimum Gasteiger partial charge on any atom is -0.493 e. The van der Waals surface area contributed by atoms with Gasteiger partial charge in [0.05, 0.1) is 12.2 Å². The van der Waals surface area contributed by atoms with Crippen molar-refractivity contribution in [1.29, 1.82) is 0 Å². The summed E-state index contributed by atoms with van der Waals surface area (Å²) in [5.41, 5.74) is 6.86. The highest BCUT2D eigenvalue weighted by molar-refractivity contribution is 5.97. The Hall–Kier alpha value is -1.71. The molecule has 0 atom stereocenters. The van der Waals surface area contributed by atoms with Gasteiger partial charge in [0.1, 0.15) is 5.75 Å². The van der Waals surface area contributed by atoms with Crippen LogP contribution in [-0.2, 0) is 0 Å². The van der Waals surface area contributed by atoms with Gasteiger partial charge >= 0.3 is 0 Å². The molecule has 0 aliphatic carbocycles. The Morgan fingerprint density at radius 2 is 2.17 bits per heavy atom. The van der Waals surface area contributed by atoms with Crippen LogP contribution in [0, 0.1) is 5.92 Å². The van der Waals surface area contributed by atoms with Gasteiger partial charge in [-0.15, -0.1) is 0 Å². The first-order chi connectivity index (χ1) is 8.54. The maximum Gasteiger partial charge on any atom is 0.255 e. The van der Waals surface area contributed by atoms with Crippen molar-refractivity contribution in [3.8, 4) is 5.75 Å². The molecule has 1 aromatic rings. The number of carbonyl (C=O) groups is 1. The number of hydrogen-bond donors (Lipinski definition) is 2. The number of amides is 1. The lowest BCUT2D eigenvalue weighted by atomic mass is 10.1. The summed E-state index contributed by atoms with van der Waals surface area (Å²) in [5, 5.41) is 2.76. The molecule has 0 aromatic heterocycles. The number of anilines is 1. The van der Waals surface area contributed by atoms with E-state index in [1.165, 1.54) is 0 Å². The number of rotatable bonds is 6. The van der Waals surface area contributed by atoms with E-state index in [0.29, 0.717) is 36.1 Å². The van der Waals surface area contributed by atoms with Crippen LogP contribution in [0.25, 0.3) is 0 Å². The predicted octanol–water partition coefficient (Wildman–Crippen LogP) is 2.44. The summed E-state index contributed by atoms with van der Waals surface area (Å²) in [5.74, 6) is 0.998. The van der Waals surface area contributed by atoms with Gasteiger partial charge in [-0.25, -0.2) is 0 Å². The number of carbonyl (C=O) groups excluding carboxylic acids is 1. The molecule has 18 heavy (non-hydrogen) atoms. The fourth-order valence-corrected chi connectivity index (χ4v) is 1.51. The average Bonchev–Trinajstić information content (AvgIpc) is 2.29. The average molecular weight is 250 g/mol. The first kappa shape index (κ1) is 14.4. The number of nitrogen functional groups attached to an aromatic ring is 1. The van der Waals surface area contributed by atoms with E-state index in [-0.39, 0.29) is 5.91 Å². The molecule has 100 valence electrons. The van der Waals surface area contributed by atoms with E-state index in [9.17, 15) is 4.79 Å². The molecule has 0 aliphatic heterocycles. The van der Waals surface area contributed by atoms with Crippen molar-refractivity contribution in [2.45, 2.75) is 27.2 Å². The molecule has 1 rings (SSSR count). The van der Waals surface area contributed by atoms with Crippen LogP contribution in [0.3, 0.4) is 0 Å². The van der Waals surface area contributed by atoms with Crippen LogP contribution in [-0.4, -0.2) is 19.1 Å². The number of nitrogens with two attached hydrogens (primary N) is 1. The quantitative estimate of drug-likeness (QED) is 0.762. The lowest BCUT2D eigenvalue weighted by Gasteiger charge is -2.13. The van der Waals surface area contributed by atoms with Gasteiger partial charge in [0.15, 0.2) is 0 Å². The van der Waals surface area contributed by atoms with Crippen LogP contribution in [0.5, 0.6) is 5.75 Å². The SMILES string of the molecule is CCNC(=O)c1ccc(N)cc1OCCC(C)C. The summed E-state index contributed by atoms with van der Waals surface area (Å²) in [7, 11) is 0. The minimum atomic E-state index is -0.128. The lowest BCUT2D eigenvalue weighted by molar-refractivity contribution is 0.0951. The largest absolute Gasteiger partial charge is 0.493 e. The molecular formula is C14H22N2O2. The molecule has 4 nitrogen and oxygen atoms in total. The third-order valence-corrected chi connectivity index (χ3v) is 2.54. The van der Waals surface area contributed by atoms with Crippen molar-refractivity contribution >= 4 is 11.6 Å². The Balaban J connectivity index is 2.79. The van der Waals surface area contributed by atoms with Gasteiger partial charge in [0.2, 0.25) is 0 Å². The fourth-order valence-electron chi connectivity index (χ4n) is 1.51. The molecule has 0 radical (unpaired) electrons. The number of benzene rings is 1. The Morgan fingerprint density at radius 3 is 2.78 bits per heavy atom. The van der Waals surface area contributed by atoms with Gasteiger partial charge in [-0.3, -0.25) is 4.79 Å². The molecule has 0 unspecified atom stereocenters. The summed E-state index contributed by atoms with van der Waals surface area (Å²) in [6, 6.07) is 5.11. The smallest absolute Gasteiger partial charge is 0.255 e. The third-order valence-electron chi connectivity index (χ3n) is 2.54. The van der Waals surface area contributed by atoms with E-state index in [2.05, 4.69) is 19.2 Å². The zero-order valence-corrected chi connectivity index (χ0v) is 11.3. The lowest BCUT2D eigenvalue weighted by Crippen LogP contribution is -2.23. The summed E-state index contributed by atoms with van der Waals surface area (Å²) in [6.45, 7) is 7.33. The van der Waals surface area contributed by atoms with Crippen LogP contribution in [0.2, 0.25) is 0 Å². The molecule has 0 aliphatic rings. The van der Waals surface area contributed by atoms with Crippen molar-refractivity contribution in [3.05, 3.63) is 23.8 Å². The van der Waals surface area contributed by atoms with E-state index in [1.54, 1.807) is 18.2 Å². The van der Waals surface area contributed by atoms with E-state index >= 15 is 0 Å². The zero-order valence-electron chi connectivity index (χ0n) is 11.3. The minimum absolute atomic E-state index is 0.128. The highest BCUT2D eigenvalue weighted by Gasteiger charge is 2.12. The molecule has 4 heteroatoms. The van der Waals surface area contributed by atoms with Crippen molar-refractivity contribution in [3.63, 3.8) is 0 Å². The molecule has 0 bridgehead atoms.